The summed E-state index contributed by atoms with van der Waals surface area (Å²) in [5.74, 6) is 0.494. The van der Waals surface area contributed by atoms with Crippen LogP contribution in [0.3, 0.4) is 0 Å². The number of carbonyl (C=O) groups excluding carboxylic acids is 2. The van der Waals surface area contributed by atoms with E-state index in [1.807, 2.05) is 22.1 Å². The average Bonchev–Trinajstić information content (AvgIpc) is 3.32. The normalized spacial score (nSPS) is 11.6. The van der Waals surface area contributed by atoms with Crippen LogP contribution in [-0.2, 0) is 16.1 Å². The summed E-state index contributed by atoms with van der Waals surface area (Å²) in [5.41, 5.74) is 0.805. The third kappa shape index (κ3) is 4.04. The number of amides is 1. The van der Waals surface area contributed by atoms with E-state index in [0.29, 0.717) is 27.7 Å². The van der Waals surface area contributed by atoms with Gasteiger partial charge in [0.2, 0.25) is 0 Å². The van der Waals surface area contributed by atoms with Gasteiger partial charge >= 0.3 is 5.97 Å². The summed E-state index contributed by atoms with van der Waals surface area (Å²) >= 11 is 2.68. The molecule has 0 bridgehead atoms. The van der Waals surface area contributed by atoms with Crippen molar-refractivity contribution in [2.24, 2.45) is 4.99 Å². The van der Waals surface area contributed by atoms with Crippen LogP contribution in [0.1, 0.15) is 16.1 Å². The Balaban J connectivity index is 2.15. The second kappa shape index (κ2) is 8.36. The number of thiophene rings is 1. The second-order valence-electron chi connectivity index (χ2n) is 5.43. The molecule has 0 aliphatic carbocycles. The fourth-order valence-electron chi connectivity index (χ4n) is 2.55. The zero-order valence-corrected chi connectivity index (χ0v) is 16.7. The smallest absolute Gasteiger partial charge is 0.307 e. The van der Waals surface area contributed by atoms with E-state index >= 15 is 0 Å². The summed E-state index contributed by atoms with van der Waals surface area (Å²) in [5, 5.41) is 1.83. The Kier molecular flexibility index (Phi) is 5.92. The third-order valence-corrected chi connectivity index (χ3v) is 5.78. The maximum Gasteiger partial charge on any atom is 0.307 e. The lowest BCUT2D eigenvalue weighted by Crippen LogP contribution is -2.19. The minimum atomic E-state index is -0.335. The number of esters is 1. The van der Waals surface area contributed by atoms with Crippen molar-refractivity contribution in [1.82, 2.24) is 4.57 Å². The van der Waals surface area contributed by atoms with Crippen molar-refractivity contribution in [2.45, 2.75) is 13.0 Å². The van der Waals surface area contributed by atoms with Crippen LogP contribution >= 0.6 is 22.7 Å². The van der Waals surface area contributed by atoms with Crippen molar-refractivity contribution < 1.29 is 23.8 Å². The molecule has 2 heterocycles. The first-order valence-corrected chi connectivity index (χ1v) is 9.71. The predicted octanol–water partition coefficient (Wildman–Crippen LogP) is 3.09. The van der Waals surface area contributed by atoms with E-state index in [1.54, 1.807) is 26.4 Å². The molecule has 0 aliphatic heterocycles. The van der Waals surface area contributed by atoms with Gasteiger partial charge in [-0.05, 0) is 11.4 Å². The highest BCUT2D eigenvalue weighted by molar-refractivity contribution is 7.16. The third-order valence-electron chi connectivity index (χ3n) is 3.88. The van der Waals surface area contributed by atoms with Crippen LogP contribution in [0.5, 0.6) is 11.5 Å². The van der Waals surface area contributed by atoms with Crippen molar-refractivity contribution in [3.8, 4) is 11.5 Å². The van der Waals surface area contributed by atoms with Gasteiger partial charge in [0, 0.05) is 18.7 Å². The van der Waals surface area contributed by atoms with E-state index in [0.717, 1.165) is 10.2 Å². The first-order chi connectivity index (χ1) is 13.1. The maximum atomic E-state index is 12.4. The van der Waals surface area contributed by atoms with Crippen LogP contribution in [0.15, 0.2) is 34.6 Å². The van der Waals surface area contributed by atoms with Gasteiger partial charge in [0.25, 0.3) is 5.91 Å². The van der Waals surface area contributed by atoms with E-state index in [2.05, 4.69) is 4.99 Å². The summed E-state index contributed by atoms with van der Waals surface area (Å²) in [4.78, 5) is 29.4. The fraction of sp³-hybridized carbons (Fsp3) is 0.278. The standard InChI is InChI=1S/C18H18N2O5S2/c1-23-12-9-11-15(10-13(12)24-2)27-18(20(11)7-6-16(21)25-3)19-17(22)14-5-4-8-26-14/h4-5,8-10H,6-7H2,1-3H3. The summed E-state index contributed by atoms with van der Waals surface area (Å²) < 4.78 is 18.2. The first kappa shape index (κ1) is 19.1. The Morgan fingerprint density at radius 3 is 2.52 bits per heavy atom. The molecule has 9 heteroatoms. The Morgan fingerprint density at radius 1 is 1.15 bits per heavy atom. The van der Waals surface area contributed by atoms with Gasteiger partial charge in [-0.15, -0.1) is 11.3 Å². The van der Waals surface area contributed by atoms with Crippen LogP contribution in [0.2, 0.25) is 0 Å². The number of carbonyl (C=O) groups is 2. The number of benzene rings is 1. The topological polar surface area (TPSA) is 79.1 Å². The lowest BCUT2D eigenvalue weighted by molar-refractivity contribution is -0.140. The van der Waals surface area contributed by atoms with Crippen molar-refractivity contribution in [3.63, 3.8) is 0 Å². The van der Waals surface area contributed by atoms with E-state index in [1.165, 1.54) is 29.8 Å². The van der Waals surface area contributed by atoms with Crippen LogP contribution in [0, 0.1) is 0 Å². The average molecular weight is 406 g/mol. The SMILES string of the molecule is COC(=O)CCn1c(=NC(=O)c2cccs2)sc2cc(OC)c(OC)cc21. The highest BCUT2D eigenvalue weighted by Crippen LogP contribution is 2.33. The molecule has 0 fully saturated rings. The molecule has 0 N–H and O–H groups in total. The molecule has 142 valence electrons. The molecular formula is C18H18N2O5S2. The number of aryl methyl sites for hydroxylation is 1. The predicted molar refractivity (Wildman–Crippen MR) is 104 cm³/mol. The zero-order valence-electron chi connectivity index (χ0n) is 15.1. The molecule has 1 aromatic carbocycles. The minimum absolute atomic E-state index is 0.164. The quantitative estimate of drug-likeness (QED) is 0.588. The Hall–Kier alpha value is -2.65. The van der Waals surface area contributed by atoms with Crippen molar-refractivity contribution in [1.29, 1.82) is 0 Å². The van der Waals surface area contributed by atoms with Crippen LogP contribution in [0.25, 0.3) is 10.2 Å². The lowest BCUT2D eigenvalue weighted by atomic mass is 10.3. The van der Waals surface area contributed by atoms with Gasteiger partial charge in [0.1, 0.15) is 0 Å². The monoisotopic (exact) mass is 406 g/mol. The minimum Gasteiger partial charge on any atom is -0.493 e. The molecule has 7 nitrogen and oxygen atoms in total. The van der Waals surface area contributed by atoms with Crippen LogP contribution in [0.4, 0.5) is 0 Å². The summed E-state index contributed by atoms with van der Waals surface area (Å²) in [6.45, 7) is 0.332. The van der Waals surface area contributed by atoms with Gasteiger partial charge in [-0.1, -0.05) is 17.4 Å². The molecule has 2 aromatic heterocycles. The van der Waals surface area contributed by atoms with Gasteiger partial charge in [0.05, 0.1) is 42.8 Å². The van der Waals surface area contributed by atoms with Gasteiger partial charge in [-0.2, -0.15) is 4.99 Å². The van der Waals surface area contributed by atoms with Crippen LogP contribution in [-0.4, -0.2) is 37.8 Å². The molecule has 27 heavy (non-hydrogen) atoms. The van der Waals surface area contributed by atoms with Crippen molar-refractivity contribution in [2.75, 3.05) is 21.3 Å². The van der Waals surface area contributed by atoms with Gasteiger partial charge in [0.15, 0.2) is 16.3 Å². The van der Waals surface area contributed by atoms with Gasteiger partial charge < -0.3 is 18.8 Å². The van der Waals surface area contributed by atoms with Crippen molar-refractivity contribution >= 4 is 44.8 Å². The Bertz CT molecular complexity index is 1030. The Labute approximate surface area is 163 Å². The zero-order chi connectivity index (χ0) is 19.4. The number of hydrogen-bond donors (Lipinski definition) is 0. The molecule has 3 rings (SSSR count). The lowest BCUT2D eigenvalue weighted by Gasteiger charge is -2.09. The summed E-state index contributed by atoms with van der Waals surface area (Å²) in [6, 6.07) is 7.19. The van der Waals surface area contributed by atoms with E-state index in [-0.39, 0.29) is 18.3 Å². The van der Waals surface area contributed by atoms with E-state index in [4.69, 9.17) is 14.2 Å². The molecule has 0 unspecified atom stereocenters. The summed E-state index contributed by atoms with van der Waals surface area (Å²) in [6.07, 6.45) is 0.164. The van der Waals surface area contributed by atoms with E-state index < -0.39 is 0 Å². The highest BCUT2D eigenvalue weighted by Gasteiger charge is 2.15. The molecule has 3 aromatic rings. The number of nitrogens with zero attached hydrogens (tertiary/aromatic N) is 2. The molecule has 0 saturated carbocycles. The molecule has 0 aliphatic rings. The van der Waals surface area contributed by atoms with E-state index in [9.17, 15) is 9.59 Å². The number of rotatable bonds is 6. The Morgan fingerprint density at radius 2 is 1.89 bits per heavy atom. The number of aromatic nitrogens is 1. The highest BCUT2D eigenvalue weighted by atomic mass is 32.1. The molecular weight excluding hydrogens is 388 g/mol. The largest absolute Gasteiger partial charge is 0.493 e. The fourth-order valence-corrected chi connectivity index (χ4v) is 4.22. The van der Waals surface area contributed by atoms with Gasteiger partial charge in [-0.3, -0.25) is 9.59 Å². The number of hydrogen-bond acceptors (Lipinski definition) is 7. The number of thiazole rings is 1. The molecule has 1 amide bonds. The number of ether oxygens (including phenoxy) is 3. The van der Waals surface area contributed by atoms with Crippen LogP contribution < -0.4 is 14.3 Å². The second-order valence-corrected chi connectivity index (χ2v) is 7.39. The maximum absolute atomic E-state index is 12.4. The molecule has 0 atom stereocenters. The van der Waals surface area contributed by atoms with Gasteiger partial charge in [-0.25, -0.2) is 0 Å². The first-order valence-electron chi connectivity index (χ1n) is 8.02. The molecule has 0 saturated heterocycles. The molecule has 0 spiro atoms. The molecule has 0 radical (unpaired) electrons. The number of fused-ring (bicyclic) bond motifs is 1. The summed E-state index contributed by atoms with van der Waals surface area (Å²) in [7, 11) is 4.47. The number of methoxy groups -OCH3 is 3. The van der Waals surface area contributed by atoms with Crippen molar-refractivity contribution in [3.05, 3.63) is 39.3 Å².